The zero-order valence-corrected chi connectivity index (χ0v) is 14.9. The van der Waals surface area contributed by atoms with Gasteiger partial charge in [-0.2, -0.15) is 9.90 Å². The number of likely N-dealkylation sites (N-methyl/N-ethyl adjacent to an activating group) is 1. The van der Waals surface area contributed by atoms with E-state index in [1.165, 1.54) is 11.0 Å². The van der Waals surface area contributed by atoms with Crippen LogP contribution < -0.4 is 0 Å². The molecule has 9 nitrogen and oxygen atoms in total. The molecule has 1 aromatic carbocycles. The molecule has 1 aliphatic rings. The van der Waals surface area contributed by atoms with E-state index < -0.39 is 0 Å². The van der Waals surface area contributed by atoms with Gasteiger partial charge in [-0.1, -0.05) is 18.2 Å². The summed E-state index contributed by atoms with van der Waals surface area (Å²) >= 11 is 0. The van der Waals surface area contributed by atoms with E-state index in [1.807, 2.05) is 49.3 Å². The molecule has 0 aliphatic carbocycles. The average molecular weight is 361 g/mol. The minimum absolute atomic E-state index is 0.0353. The zero-order chi connectivity index (χ0) is 18.9. The van der Waals surface area contributed by atoms with E-state index in [2.05, 4.69) is 15.1 Å². The normalized spacial score (nSPS) is 16.7. The summed E-state index contributed by atoms with van der Waals surface area (Å²) in [6.45, 7) is 2.20. The first-order chi connectivity index (χ1) is 12.6. The molecule has 3 rings (SSSR count). The molecule has 1 N–H and O–H groups in total. The van der Waals surface area contributed by atoms with Gasteiger partial charge in [-0.25, -0.2) is 0 Å². The fourth-order valence-electron chi connectivity index (χ4n) is 2.69. The molecule has 1 fully saturated rings. The molecule has 0 spiro atoms. The molecule has 0 saturated carbocycles. The van der Waals surface area contributed by atoms with Crippen LogP contribution >= 0.6 is 0 Å². The number of para-hydroxylation sites is 1. The van der Waals surface area contributed by atoms with Gasteiger partial charge in [0.2, 0.25) is 0 Å². The van der Waals surface area contributed by atoms with Crippen molar-refractivity contribution in [2.45, 2.75) is 6.04 Å². The van der Waals surface area contributed by atoms with Crippen LogP contribution in [0.3, 0.4) is 0 Å². The van der Waals surface area contributed by atoms with Gasteiger partial charge in [-0.3, -0.25) is 9.59 Å². The molecular formula is C17H23N5O4. The number of nitrogens with zero attached hydrogens (tertiary/aromatic N) is 5. The summed E-state index contributed by atoms with van der Waals surface area (Å²) in [7, 11) is 3.98. The summed E-state index contributed by atoms with van der Waals surface area (Å²) in [5.41, 5.74) is 1.19. The largest absolute Gasteiger partial charge is 0.483 e. The third-order valence-electron chi connectivity index (χ3n) is 3.76. The van der Waals surface area contributed by atoms with Gasteiger partial charge in [-0.05, 0) is 26.2 Å². The minimum atomic E-state index is -0.250. The second-order valence-electron chi connectivity index (χ2n) is 5.95. The van der Waals surface area contributed by atoms with E-state index in [4.69, 9.17) is 14.6 Å². The van der Waals surface area contributed by atoms with Crippen LogP contribution in [-0.2, 0) is 9.53 Å². The van der Waals surface area contributed by atoms with E-state index in [0.29, 0.717) is 25.5 Å². The van der Waals surface area contributed by atoms with Crippen molar-refractivity contribution in [2.24, 2.45) is 0 Å². The number of benzene rings is 1. The van der Waals surface area contributed by atoms with Gasteiger partial charge >= 0.3 is 0 Å². The molecule has 2 heterocycles. The van der Waals surface area contributed by atoms with Gasteiger partial charge in [-0.15, -0.1) is 5.10 Å². The van der Waals surface area contributed by atoms with Crippen LogP contribution in [0, 0.1) is 0 Å². The number of carbonyl (C=O) groups is 2. The van der Waals surface area contributed by atoms with Gasteiger partial charge in [0, 0.05) is 13.1 Å². The van der Waals surface area contributed by atoms with Crippen molar-refractivity contribution in [1.29, 1.82) is 0 Å². The van der Waals surface area contributed by atoms with Crippen LogP contribution in [0.4, 0.5) is 0 Å². The Kier molecular flexibility index (Phi) is 7.24. The standard InChI is InChI=1S/C16H21N5O2.CH2O2/c1-19(2)11-14-12-23-9-8-20(14)16(22)15-10-17-21(18-15)13-6-4-3-5-7-13;2-1-3/h3-7,10,14H,8-9,11-12H2,1-2H3;1H,(H,2,3). The van der Waals surface area contributed by atoms with E-state index >= 15 is 0 Å². The Hall–Kier alpha value is -2.78. The summed E-state index contributed by atoms with van der Waals surface area (Å²) in [6, 6.07) is 9.59. The van der Waals surface area contributed by atoms with E-state index in [0.717, 1.165) is 12.2 Å². The molecule has 0 radical (unpaired) electrons. The molecule has 1 amide bonds. The van der Waals surface area contributed by atoms with Gasteiger partial charge in [0.25, 0.3) is 12.4 Å². The lowest BCUT2D eigenvalue weighted by Gasteiger charge is -2.36. The predicted molar refractivity (Wildman–Crippen MR) is 94.2 cm³/mol. The first-order valence-electron chi connectivity index (χ1n) is 8.16. The Balaban J connectivity index is 0.000000758. The third-order valence-corrected chi connectivity index (χ3v) is 3.76. The van der Waals surface area contributed by atoms with Gasteiger partial charge in [0.1, 0.15) is 0 Å². The lowest BCUT2D eigenvalue weighted by atomic mass is 10.2. The van der Waals surface area contributed by atoms with Crippen molar-refractivity contribution < 1.29 is 19.4 Å². The molecule has 2 aromatic rings. The van der Waals surface area contributed by atoms with Crippen LogP contribution in [0.25, 0.3) is 5.69 Å². The number of ether oxygens (including phenoxy) is 1. The second-order valence-corrected chi connectivity index (χ2v) is 5.95. The number of aromatic nitrogens is 3. The molecule has 1 aromatic heterocycles. The predicted octanol–water partition coefficient (Wildman–Crippen LogP) is 0.371. The summed E-state index contributed by atoms with van der Waals surface area (Å²) in [5, 5.41) is 15.4. The average Bonchev–Trinajstić information content (AvgIpc) is 3.13. The zero-order valence-electron chi connectivity index (χ0n) is 14.9. The highest BCUT2D eigenvalue weighted by molar-refractivity contribution is 5.92. The number of hydrogen-bond donors (Lipinski definition) is 1. The Bertz CT molecular complexity index is 704. The van der Waals surface area contributed by atoms with Crippen LogP contribution in [0.2, 0.25) is 0 Å². The molecule has 1 unspecified atom stereocenters. The van der Waals surface area contributed by atoms with Crippen LogP contribution in [-0.4, -0.2) is 88.7 Å². The maximum atomic E-state index is 12.8. The van der Waals surface area contributed by atoms with Crippen molar-refractivity contribution in [3.63, 3.8) is 0 Å². The van der Waals surface area contributed by atoms with Crippen LogP contribution in [0.5, 0.6) is 0 Å². The molecule has 140 valence electrons. The smallest absolute Gasteiger partial charge is 0.290 e. The van der Waals surface area contributed by atoms with Crippen molar-refractivity contribution in [2.75, 3.05) is 40.4 Å². The SMILES string of the molecule is CN(C)CC1COCCN1C(=O)c1cnn(-c2ccccc2)n1.O=CO. The van der Waals surface area contributed by atoms with E-state index in [1.54, 1.807) is 0 Å². The van der Waals surface area contributed by atoms with Gasteiger partial charge in [0.15, 0.2) is 5.69 Å². The highest BCUT2D eigenvalue weighted by Crippen LogP contribution is 2.13. The first kappa shape index (κ1) is 19.5. The summed E-state index contributed by atoms with van der Waals surface area (Å²) in [4.78, 5) is 26.5. The number of morpholine rings is 1. The molecular weight excluding hydrogens is 338 g/mol. The molecule has 1 aliphatic heterocycles. The Morgan fingerprint density at radius 3 is 2.73 bits per heavy atom. The summed E-state index contributed by atoms with van der Waals surface area (Å²) in [6.07, 6.45) is 1.53. The Morgan fingerprint density at radius 2 is 2.08 bits per heavy atom. The lowest BCUT2D eigenvalue weighted by Crippen LogP contribution is -2.52. The number of hydrogen-bond acceptors (Lipinski definition) is 6. The number of amides is 1. The molecule has 26 heavy (non-hydrogen) atoms. The van der Waals surface area contributed by atoms with Crippen molar-refractivity contribution in [3.05, 3.63) is 42.2 Å². The number of carboxylic acid groups (broad SMARTS) is 1. The monoisotopic (exact) mass is 361 g/mol. The fourth-order valence-corrected chi connectivity index (χ4v) is 2.69. The maximum Gasteiger partial charge on any atom is 0.290 e. The highest BCUT2D eigenvalue weighted by atomic mass is 16.5. The van der Waals surface area contributed by atoms with E-state index in [-0.39, 0.29) is 18.4 Å². The topological polar surface area (TPSA) is 101 Å². The fraction of sp³-hybridized carbons (Fsp3) is 0.412. The summed E-state index contributed by atoms with van der Waals surface area (Å²) in [5.74, 6) is -0.0951. The molecule has 0 bridgehead atoms. The van der Waals surface area contributed by atoms with Gasteiger partial charge < -0.3 is 19.6 Å². The van der Waals surface area contributed by atoms with Crippen molar-refractivity contribution in [3.8, 4) is 5.69 Å². The van der Waals surface area contributed by atoms with Crippen LogP contribution in [0.1, 0.15) is 10.5 Å². The van der Waals surface area contributed by atoms with E-state index in [9.17, 15) is 4.79 Å². The molecule has 1 saturated heterocycles. The number of rotatable bonds is 4. The Morgan fingerprint density at radius 1 is 1.38 bits per heavy atom. The lowest BCUT2D eigenvalue weighted by molar-refractivity contribution is -0.122. The Labute approximate surface area is 151 Å². The molecule has 1 atom stereocenters. The second kappa shape index (κ2) is 9.64. The summed E-state index contributed by atoms with van der Waals surface area (Å²) < 4.78 is 5.51. The molecule has 9 heteroatoms. The third kappa shape index (κ3) is 5.11. The van der Waals surface area contributed by atoms with Crippen molar-refractivity contribution in [1.82, 2.24) is 24.8 Å². The highest BCUT2D eigenvalue weighted by Gasteiger charge is 2.30. The van der Waals surface area contributed by atoms with Crippen molar-refractivity contribution >= 4 is 12.4 Å². The minimum Gasteiger partial charge on any atom is -0.483 e. The quantitative estimate of drug-likeness (QED) is 0.785. The first-order valence-corrected chi connectivity index (χ1v) is 8.16. The van der Waals surface area contributed by atoms with Crippen LogP contribution in [0.15, 0.2) is 36.5 Å². The van der Waals surface area contributed by atoms with Gasteiger partial charge in [0.05, 0.1) is 31.1 Å². The maximum absolute atomic E-state index is 12.8. The number of carbonyl (C=O) groups excluding carboxylic acids is 1.